The normalized spacial score (nSPS) is 15.9. The van der Waals surface area contributed by atoms with Gasteiger partial charge in [-0.05, 0) is 30.0 Å². The quantitative estimate of drug-likeness (QED) is 0.556. The molecular weight excluding hydrogens is 364 g/mol. The standard InChI is InChI=1S/C22H32N6O/c1-23-21(25-17-22(10-4-5-11-22)20(29)27(2)3)24-15-18-8-6-9-19(14-18)16-28-13-7-12-26-28/h6-9,12-14H,4-5,10-11,15-17H2,1-3H3,(H2,23,24,25). The first-order valence-electron chi connectivity index (χ1n) is 10.2. The molecular formula is C22H32N6O. The van der Waals surface area contributed by atoms with Crippen LogP contribution < -0.4 is 10.6 Å². The van der Waals surface area contributed by atoms with Crippen molar-refractivity contribution in [1.82, 2.24) is 25.3 Å². The SMILES string of the molecule is CN=C(NCc1cccc(Cn2cccn2)c1)NCC1(C(=O)N(C)C)CCCC1. The van der Waals surface area contributed by atoms with Gasteiger partial charge in [-0.1, -0.05) is 37.1 Å². The van der Waals surface area contributed by atoms with Crippen LogP contribution >= 0.6 is 0 Å². The fourth-order valence-corrected chi connectivity index (χ4v) is 4.07. The highest BCUT2D eigenvalue weighted by Gasteiger charge is 2.42. The summed E-state index contributed by atoms with van der Waals surface area (Å²) in [6.07, 6.45) is 7.84. The van der Waals surface area contributed by atoms with E-state index in [4.69, 9.17) is 0 Å². The van der Waals surface area contributed by atoms with Gasteiger partial charge in [0.15, 0.2) is 5.96 Å². The fraction of sp³-hybridized carbons (Fsp3) is 0.500. The highest BCUT2D eigenvalue weighted by atomic mass is 16.2. The molecule has 7 nitrogen and oxygen atoms in total. The predicted molar refractivity (Wildman–Crippen MR) is 116 cm³/mol. The summed E-state index contributed by atoms with van der Waals surface area (Å²) in [4.78, 5) is 18.8. The van der Waals surface area contributed by atoms with Crippen LogP contribution in [0.4, 0.5) is 0 Å². The maximum Gasteiger partial charge on any atom is 0.230 e. The van der Waals surface area contributed by atoms with E-state index in [-0.39, 0.29) is 11.3 Å². The maximum absolute atomic E-state index is 12.7. The second-order valence-corrected chi connectivity index (χ2v) is 7.99. The van der Waals surface area contributed by atoms with E-state index < -0.39 is 0 Å². The summed E-state index contributed by atoms with van der Waals surface area (Å²) in [6.45, 7) is 2.03. The van der Waals surface area contributed by atoms with E-state index in [0.717, 1.165) is 38.2 Å². The minimum atomic E-state index is -0.315. The monoisotopic (exact) mass is 396 g/mol. The molecule has 1 aromatic heterocycles. The number of nitrogens with zero attached hydrogens (tertiary/aromatic N) is 4. The number of carbonyl (C=O) groups excluding carboxylic acids is 1. The average Bonchev–Trinajstić information content (AvgIpc) is 3.40. The van der Waals surface area contributed by atoms with Crippen molar-refractivity contribution in [3.05, 3.63) is 53.9 Å². The second kappa shape index (κ2) is 9.58. The van der Waals surface area contributed by atoms with Crippen molar-refractivity contribution in [3.8, 4) is 0 Å². The molecule has 2 N–H and O–H groups in total. The van der Waals surface area contributed by atoms with Gasteiger partial charge < -0.3 is 15.5 Å². The van der Waals surface area contributed by atoms with E-state index >= 15 is 0 Å². The maximum atomic E-state index is 12.7. The summed E-state index contributed by atoms with van der Waals surface area (Å²) in [7, 11) is 5.44. The highest BCUT2D eigenvalue weighted by molar-refractivity contribution is 5.85. The molecule has 0 spiro atoms. The van der Waals surface area contributed by atoms with E-state index in [0.29, 0.717) is 13.1 Å². The smallest absolute Gasteiger partial charge is 0.230 e. The zero-order chi connectivity index (χ0) is 20.7. The van der Waals surface area contributed by atoms with Gasteiger partial charge in [0.1, 0.15) is 0 Å². The molecule has 156 valence electrons. The Bertz CT molecular complexity index is 822. The van der Waals surface area contributed by atoms with E-state index in [9.17, 15) is 4.79 Å². The van der Waals surface area contributed by atoms with Crippen LogP contribution in [0, 0.1) is 5.41 Å². The molecule has 0 unspecified atom stereocenters. The Kier molecular flexibility index (Phi) is 6.90. The van der Waals surface area contributed by atoms with Gasteiger partial charge in [0.05, 0.1) is 12.0 Å². The van der Waals surface area contributed by atoms with Gasteiger partial charge in [0, 0.05) is 46.6 Å². The molecule has 1 fully saturated rings. The number of hydrogen-bond acceptors (Lipinski definition) is 3. The van der Waals surface area contributed by atoms with Crippen LogP contribution in [0.2, 0.25) is 0 Å². The summed E-state index contributed by atoms with van der Waals surface area (Å²) in [6, 6.07) is 10.4. The van der Waals surface area contributed by atoms with Crippen LogP contribution in [-0.4, -0.2) is 54.2 Å². The lowest BCUT2D eigenvalue weighted by atomic mass is 9.84. The number of aromatic nitrogens is 2. The Hall–Kier alpha value is -2.83. The molecule has 1 aromatic carbocycles. The van der Waals surface area contributed by atoms with Gasteiger partial charge in [-0.15, -0.1) is 0 Å². The molecule has 0 atom stereocenters. The number of aliphatic imine (C=N–C) groups is 1. The highest BCUT2D eigenvalue weighted by Crippen LogP contribution is 2.38. The number of nitrogens with one attached hydrogen (secondary N) is 2. The molecule has 29 heavy (non-hydrogen) atoms. The van der Waals surface area contributed by atoms with Gasteiger partial charge in [-0.2, -0.15) is 5.10 Å². The first-order chi connectivity index (χ1) is 14.0. The number of benzene rings is 1. The van der Waals surface area contributed by atoms with Gasteiger partial charge in [0.25, 0.3) is 0 Å². The molecule has 0 bridgehead atoms. The van der Waals surface area contributed by atoms with Crippen LogP contribution in [0.25, 0.3) is 0 Å². The number of carbonyl (C=O) groups is 1. The minimum Gasteiger partial charge on any atom is -0.355 e. The molecule has 2 aromatic rings. The number of rotatable bonds is 7. The largest absolute Gasteiger partial charge is 0.355 e. The lowest BCUT2D eigenvalue weighted by molar-refractivity contribution is -0.138. The van der Waals surface area contributed by atoms with Crippen LogP contribution in [-0.2, 0) is 17.9 Å². The van der Waals surface area contributed by atoms with Crippen LogP contribution in [0.5, 0.6) is 0 Å². The molecule has 1 saturated carbocycles. The summed E-state index contributed by atoms with van der Waals surface area (Å²) in [5.74, 6) is 0.935. The predicted octanol–water partition coefficient (Wildman–Crippen LogP) is 2.24. The van der Waals surface area contributed by atoms with Crippen LogP contribution in [0.1, 0.15) is 36.8 Å². The first-order valence-corrected chi connectivity index (χ1v) is 10.2. The van der Waals surface area contributed by atoms with Crippen LogP contribution in [0.3, 0.4) is 0 Å². The average molecular weight is 397 g/mol. The van der Waals surface area contributed by atoms with Crippen molar-refractivity contribution in [2.45, 2.75) is 38.8 Å². The van der Waals surface area contributed by atoms with E-state index in [1.165, 1.54) is 11.1 Å². The van der Waals surface area contributed by atoms with E-state index in [1.807, 2.05) is 31.0 Å². The second-order valence-electron chi connectivity index (χ2n) is 7.99. The number of hydrogen-bond donors (Lipinski definition) is 2. The molecule has 0 aliphatic heterocycles. The van der Waals surface area contributed by atoms with Crippen molar-refractivity contribution in [2.75, 3.05) is 27.7 Å². The summed E-state index contributed by atoms with van der Waals surface area (Å²) in [5.41, 5.74) is 2.07. The van der Waals surface area contributed by atoms with Gasteiger partial charge in [-0.3, -0.25) is 14.5 Å². The minimum absolute atomic E-state index is 0.212. The number of amides is 1. The molecule has 7 heteroatoms. The zero-order valence-corrected chi connectivity index (χ0v) is 17.7. The van der Waals surface area contributed by atoms with Crippen molar-refractivity contribution in [1.29, 1.82) is 0 Å². The Morgan fingerprint density at radius 2 is 1.97 bits per heavy atom. The topological polar surface area (TPSA) is 74.5 Å². The molecule has 1 amide bonds. The zero-order valence-electron chi connectivity index (χ0n) is 17.7. The Morgan fingerprint density at radius 3 is 2.62 bits per heavy atom. The molecule has 0 saturated heterocycles. The first kappa shape index (κ1) is 20.9. The Morgan fingerprint density at radius 1 is 1.21 bits per heavy atom. The van der Waals surface area contributed by atoms with E-state index in [1.54, 1.807) is 18.1 Å². The lowest BCUT2D eigenvalue weighted by Crippen LogP contribution is -2.49. The van der Waals surface area contributed by atoms with Gasteiger partial charge in [0.2, 0.25) is 5.91 Å². The molecule has 1 aliphatic carbocycles. The van der Waals surface area contributed by atoms with Gasteiger partial charge in [-0.25, -0.2) is 0 Å². The fourth-order valence-electron chi connectivity index (χ4n) is 4.07. The lowest BCUT2D eigenvalue weighted by Gasteiger charge is -2.31. The van der Waals surface area contributed by atoms with Crippen LogP contribution in [0.15, 0.2) is 47.7 Å². The molecule has 1 aliphatic rings. The van der Waals surface area contributed by atoms with Crippen molar-refractivity contribution < 1.29 is 4.79 Å². The summed E-state index contributed by atoms with van der Waals surface area (Å²) >= 11 is 0. The van der Waals surface area contributed by atoms with Gasteiger partial charge >= 0.3 is 0 Å². The van der Waals surface area contributed by atoms with Crippen molar-refractivity contribution >= 4 is 11.9 Å². The summed E-state index contributed by atoms with van der Waals surface area (Å²) < 4.78 is 1.91. The third-order valence-electron chi connectivity index (χ3n) is 5.59. The van der Waals surface area contributed by atoms with E-state index in [2.05, 4.69) is 45.0 Å². The molecule has 1 heterocycles. The Balaban J connectivity index is 1.56. The third kappa shape index (κ3) is 5.37. The molecule has 3 rings (SSSR count). The van der Waals surface area contributed by atoms with Crippen molar-refractivity contribution in [3.63, 3.8) is 0 Å². The third-order valence-corrected chi connectivity index (χ3v) is 5.59. The number of guanidine groups is 1. The van der Waals surface area contributed by atoms with Crippen molar-refractivity contribution in [2.24, 2.45) is 10.4 Å². The Labute approximate surface area is 173 Å². The summed E-state index contributed by atoms with van der Waals surface area (Å²) in [5, 5.41) is 11.0. The molecule has 0 radical (unpaired) electrons.